The summed E-state index contributed by atoms with van der Waals surface area (Å²) in [5.74, 6) is -1.79. The first-order chi connectivity index (χ1) is 14.8. The molecule has 0 saturated heterocycles. The number of furan rings is 1. The Bertz CT molecular complexity index is 1350. The molecule has 6 nitrogen and oxygen atoms in total. The second kappa shape index (κ2) is 8.10. The predicted molar refractivity (Wildman–Crippen MR) is 117 cm³/mol. The Balaban J connectivity index is 1.41. The van der Waals surface area contributed by atoms with Crippen LogP contribution < -0.4 is 5.32 Å². The molecular weight excluding hydrogens is 399 g/mol. The number of amides is 1. The summed E-state index contributed by atoms with van der Waals surface area (Å²) >= 11 is 0. The van der Waals surface area contributed by atoms with Crippen LogP contribution in [0.15, 0.2) is 46.9 Å². The first-order valence-electron chi connectivity index (χ1n) is 9.82. The van der Waals surface area contributed by atoms with Crippen LogP contribution in [0.3, 0.4) is 0 Å². The van der Waals surface area contributed by atoms with Gasteiger partial charge in [0.15, 0.2) is 0 Å². The molecule has 158 valence electrons. The van der Waals surface area contributed by atoms with Crippen molar-refractivity contribution in [2.75, 3.05) is 6.54 Å². The topological polar surface area (TPSA) is 95.3 Å². The highest BCUT2D eigenvalue weighted by Gasteiger charge is 2.14. The summed E-state index contributed by atoms with van der Waals surface area (Å²) in [5.41, 5.74) is 4.60. The number of carbonyl (C=O) groups is 2. The summed E-state index contributed by atoms with van der Waals surface area (Å²) in [4.78, 5) is 26.3. The summed E-state index contributed by atoms with van der Waals surface area (Å²) in [6.07, 6.45) is 3.65. The molecule has 7 heteroatoms. The number of carboxylic acids is 1. The molecule has 31 heavy (non-hydrogen) atoms. The second-order valence-electron chi connectivity index (χ2n) is 7.43. The smallest absolute Gasteiger partial charge is 0.371 e. The van der Waals surface area contributed by atoms with Crippen LogP contribution >= 0.6 is 0 Å². The van der Waals surface area contributed by atoms with Crippen molar-refractivity contribution < 1.29 is 23.5 Å². The zero-order chi connectivity index (χ0) is 22.1. The van der Waals surface area contributed by atoms with E-state index in [-0.39, 0.29) is 17.5 Å². The van der Waals surface area contributed by atoms with E-state index in [1.807, 2.05) is 13.8 Å². The Labute approximate surface area is 177 Å². The summed E-state index contributed by atoms with van der Waals surface area (Å²) in [6, 6.07) is 9.82. The summed E-state index contributed by atoms with van der Waals surface area (Å²) in [5, 5.41) is 13.4. The van der Waals surface area contributed by atoms with E-state index in [1.165, 1.54) is 18.2 Å². The van der Waals surface area contributed by atoms with Crippen LogP contribution in [-0.4, -0.2) is 28.5 Å². The molecule has 4 rings (SSSR count). The Morgan fingerprint density at radius 1 is 1.19 bits per heavy atom. The van der Waals surface area contributed by atoms with Crippen molar-refractivity contribution >= 4 is 39.8 Å². The number of aromatic nitrogens is 1. The van der Waals surface area contributed by atoms with Gasteiger partial charge in [-0.2, -0.15) is 0 Å². The van der Waals surface area contributed by atoms with E-state index in [9.17, 15) is 14.0 Å². The number of hydrogen-bond donors (Lipinski definition) is 3. The molecule has 0 atom stereocenters. The van der Waals surface area contributed by atoms with Gasteiger partial charge in [-0.15, -0.1) is 0 Å². The molecule has 0 saturated carbocycles. The molecule has 0 fully saturated rings. The van der Waals surface area contributed by atoms with Gasteiger partial charge in [-0.05, 0) is 67.3 Å². The minimum absolute atomic E-state index is 0.128. The molecule has 4 aromatic rings. The van der Waals surface area contributed by atoms with Crippen LogP contribution in [0.1, 0.15) is 32.9 Å². The number of aromatic carboxylic acids is 1. The molecule has 2 heterocycles. The molecule has 0 bridgehead atoms. The van der Waals surface area contributed by atoms with Crippen LogP contribution in [0.2, 0.25) is 0 Å². The maximum atomic E-state index is 14.1. The Morgan fingerprint density at radius 3 is 2.77 bits per heavy atom. The van der Waals surface area contributed by atoms with Gasteiger partial charge in [-0.25, -0.2) is 9.18 Å². The van der Waals surface area contributed by atoms with E-state index in [2.05, 4.69) is 10.3 Å². The third kappa shape index (κ3) is 4.07. The van der Waals surface area contributed by atoms with Crippen LogP contribution in [0.5, 0.6) is 0 Å². The van der Waals surface area contributed by atoms with E-state index in [0.717, 1.165) is 27.8 Å². The highest BCUT2D eigenvalue weighted by atomic mass is 19.1. The van der Waals surface area contributed by atoms with Crippen molar-refractivity contribution in [2.45, 2.75) is 20.3 Å². The number of halogens is 1. The molecule has 2 aromatic carbocycles. The SMILES string of the molecule is Cc1[nH]c2c(F)ccc(C)c2c1CCNC(=O)C=Cc1ccc2oc(C(=O)O)cc2c1. The summed E-state index contributed by atoms with van der Waals surface area (Å²) in [7, 11) is 0. The average molecular weight is 420 g/mol. The number of nitrogens with one attached hydrogen (secondary N) is 2. The molecule has 3 N–H and O–H groups in total. The number of rotatable bonds is 6. The lowest BCUT2D eigenvalue weighted by Crippen LogP contribution is -2.23. The van der Waals surface area contributed by atoms with Gasteiger partial charge in [0.05, 0.1) is 5.52 Å². The molecule has 0 aliphatic rings. The van der Waals surface area contributed by atoms with E-state index in [0.29, 0.717) is 29.5 Å². The maximum Gasteiger partial charge on any atom is 0.371 e. The molecule has 0 aliphatic heterocycles. The van der Waals surface area contributed by atoms with Gasteiger partial charge in [0.25, 0.3) is 0 Å². The number of benzene rings is 2. The second-order valence-corrected chi connectivity index (χ2v) is 7.43. The minimum atomic E-state index is -1.13. The van der Waals surface area contributed by atoms with Gasteiger partial charge in [0.1, 0.15) is 11.4 Å². The number of carboxylic acid groups (broad SMARTS) is 1. The monoisotopic (exact) mass is 420 g/mol. The van der Waals surface area contributed by atoms with Gasteiger partial charge < -0.3 is 19.8 Å². The lowest BCUT2D eigenvalue weighted by Gasteiger charge is -2.05. The third-order valence-corrected chi connectivity index (χ3v) is 5.28. The normalized spacial score (nSPS) is 11.6. The van der Waals surface area contributed by atoms with Gasteiger partial charge in [0, 0.05) is 29.1 Å². The number of hydrogen-bond acceptors (Lipinski definition) is 3. The van der Waals surface area contributed by atoms with E-state index in [1.54, 1.807) is 30.3 Å². The maximum absolute atomic E-state index is 14.1. The fourth-order valence-electron chi connectivity index (χ4n) is 3.77. The number of aryl methyl sites for hydroxylation is 2. The largest absolute Gasteiger partial charge is 0.475 e. The molecule has 0 radical (unpaired) electrons. The average Bonchev–Trinajstić information content (AvgIpc) is 3.31. The molecule has 0 aliphatic carbocycles. The highest BCUT2D eigenvalue weighted by molar-refractivity contribution is 5.94. The Kier molecular flexibility index (Phi) is 5.33. The molecule has 2 aromatic heterocycles. The van der Waals surface area contributed by atoms with Crippen molar-refractivity contribution in [1.82, 2.24) is 10.3 Å². The first kappa shape index (κ1) is 20.4. The van der Waals surface area contributed by atoms with Crippen LogP contribution in [0.25, 0.3) is 27.9 Å². The van der Waals surface area contributed by atoms with Crippen molar-refractivity contribution in [2.24, 2.45) is 0 Å². The van der Waals surface area contributed by atoms with E-state index < -0.39 is 5.97 Å². The number of aromatic amines is 1. The van der Waals surface area contributed by atoms with Gasteiger partial charge in [-0.3, -0.25) is 4.79 Å². The number of carbonyl (C=O) groups excluding carboxylic acids is 1. The highest BCUT2D eigenvalue weighted by Crippen LogP contribution is 2.28. The lowest BCUT2D eigenvalue weighted by atomic mass is 10.0. The fourth-order valence-corrected chi connectivity index (χ4v) is 3.77. The van der Waals surface area contributed by atoms with Crippen molar-refractivity contribution in [1.29, 1.82) is 0 Å². The third-order valence-electron chi connectivity index (χ3n) is 5.28. The fraction of sp³-hybridized carbons (Fsp3) is 0.167. The zero-order valence-electron chi connectivity index (χ0n) is 17.1. The number of H-pyrrole nitrogens is 1. The quantitative estimate of drug-likeness (QED) is 0.393. The Morgan fingerprint density at radius 2 is 2.00 bits per heavy atom. The van der Waals surface area contributed by atoms with Crippen LogP contribution in [-0.2, 0) is 11.2 Å². The number of fused-ring (bicyclic) bond motifs is 2. The summed E-state index contributed by atoms with van der Waals surface area (Å²) < 4.78 is 19.3. The van der Waals surface area contributed by atoms with Gasteiger partial charge >= 0.3 is 5.97 Å². The molecule has 0 spiro atoms. The predicted octanol–water partition coefficient (Wildman–Crippen LogP) is 4.74. The zero-order valence-corrected chi connectivity index (χ0v) is 17.1. The van der Waals surface area contributed by atoms with Gasteiger partial charge in [-0.1, -0.05) is 12.1 Å². The molecule has 0 unspecified atom stereocenters. The van der Waals surface area contributed by atoms with E-state index >= 15 is 0 Å². The van der Waals surface area contributed by atoms with E-state index in [4.69, 9.17) is 9.52 Å². The molecule has 1 amide bonds. The Hall–Kier alpha value is -3.87. The molecular formula is C24H21FN2O4. The first-order valence-corrected chi connectivity index (χ1v) is 9.82. The van der Waals surface area contributed by atoms with Crippen molar-refractivity contribution in [3.63, 3.8) is 0 Å². The van der Waals surface area contributed by atoms with Crippen molar-refractivity contribution in [3.8, 4) is 0 Å². The van der Waals surface area contributed by atoms with Crippen LogP contribution in [0, 0.1) is 19.7 Å². The van der Waals surface area contributed by atoms with Crippen molar-refractivity contribution in [3.05, 3.63) is 76.4 Å². The summed E-state index contributed by atoms with van der Waals surface area (Å²) in [6.45, 7) is 4.25. The van der Waals surface area contributed by atoms with Gasteiger partial charge in [0.2, 0.25) is 11.7 Å². The standard InChI is InChI=1S/C24H21FN2O4/c1-13-3-6-18(25)23-22(13)17(14(2)27-23)9-10-26-21(28)8-5-15-4-7-19-16(11-15)12-20(31-19)24(29)30/h3-8,11-12,27H,9-10H2,1-2H3,(H,26,28)(H,29,30). The van der Waals surface area contributed by atoms with Crippen LogP contribution in [0.4, 0.5) is 4.39 Å². The lowest BCUT2D eigenvalue weighted by molar-refractivity contribution is -0.116. The minimum Gasteiger partial charge on any atom is -0.475 e.